The van der Waals surface area contributed by atoms with Gasteiger partial charge in [0, 0.05) is 42.1 Å². The normalized spacial score (nSPS) is 25.0. The fraction of sp³-hybridized carbons (Fsp3) is 0.0938. The summed E-state index contributed by atoms with van der Waals surface area (Å²) in [5.74, 6) is -5.09. The third kappa shape index (κ3) is 4.37. The maximum Gasteiger partial charge on any atom is 0.258 e. The summed E-state index contributed by atoms with van der Waals surface area (Å²) >= 11 is 0. The lowest BCUT2D eigenvalue weighted by atomic mass is 9.99. The molecule has 186 valence electrons. The molecular weight excluding hydrogens is 472 g/mol. The van der Waals surface area contributed by atoms with Crippen molar-refractivity contribution in [3.8, 4) is 22.4 Å². The minimum atomic E-state index is -3.97. The van der Waals surface area contributed by atoms with E-state index in [1.807, 2.05) is 0 Å². The molecule has 6 heteroatoms. The van der Waals surface area contributed by atoms with Gasteiger partial charge in [0.1, 0.15) is 5.82 Å². The van der Waals surface area contributed by atoms with Crippen LogP contribution in [0.5, 0.6) is 0 Å². The molecular formula is C32H26N4O2. The number of aryl methyl sites for hydroxylation is 2. The average Bonchev–Trinajstić information content (AvgIpc) is 3.55. The van der Waals surface area contributed by atoms with Gasteiger partial charge in [-0.05, 0) is 54.2 Å². The molecule has 6 nitrogen and oxygen atoms in total. The molecule has 4 aromatic carbocycles. The number of H-pyrrole nitrogens is 1. The number of nitrogens with zero attached hydrogens (tertiary/aromatic N) is 2. The molecule has 0 spiro atoms. The van der Waals surface area contributed by atoms with Gasteiger partial charge in [-0.1, -0.05) is 66.5 Å². The molecule has 1 aromatic heterocycles. The first-order valence-corrected chi connectivity index (χ1v) is 10.4. The van der Waals surface area contributed by atoms with Gasteiger partial charge in [0.25, 0.3) is 11.8 Å². The van der Waals surface area contributed by atoms with E-state index in [9.17, 15) is 9.59 Å². The monoisotopic (exact) mass is 524 g/mol. The fourth-order valence-corrected chi connectivity index (χ4v) is 3.34. The Labute approximate surface area is 257 Å². The molecule has 6 rings (SSSR count). The standard InChI is InChI=1S/C32H26N4O2/c1-21-33-28-19-20-36(29-14-8-7-13-27(29)30(28)34-21)32(38)23-15-17-24(18-16-23)35-31(37)26-12-6-5-11-25(26)22-9-3-2-4-10-22/h2-18H,19-20H2,1H3,(H,33,34)(H,35,37)/i1D3,2D,3D,4D,5D,6D,7D,8D,9D,10D,11D,12D,13D,14D,15D,16D,17D,18D,19D2,20D2/hD2. The smallest absolute Gasteiger partial charge is 0.258 e. The Morgan fingerprint density at radius 3 is 2.47 bits per heavy atom. The number of aromatic amines is 1. The molecule has 0 saturated carbocycles. The predicted molar refractivity (Wildman–Crippen MR) is 150 cm³/mol. The molecule has 38 heavy (non-hydrogen) atoms. The van der Waals surface area contributed by atoms with Crippen molar-refractivity contribution in [2.24, 2.45) is 0 Å². The van der Waals surface area contributed by atoms with Crippen LogP contribution in [-0.4, -0.2) is 28.3 Å². The lowest BCUT2D eigenvalue weighted by molar-refractivity contribution is 0.0986. The van der Waals surface area contributed by atoms with E-state index in [1.165, 1.54) is 0 Å². The lowest BCUT2D eigenvalue weighted by Gasteiger charge is -2.23. The van der Waals surface area contributed by atoms with Crippen LogP contribution in [0.15, 0.2) is 103 Å². The van der Waals surface area contributed by atoms with Crippen molar-refractivity contribution < 1.29 is 45.3 Å². The van der Waals surface area contributed by atoms with Crippen molar-refractivity contribution in [3.05, 3.63) is 125 Å². The number of imidazole rings is 1. The summed E-state index contributed by atoms with van der Waals surface area (Å²) in [6, 6.07) is -20.2. The fourth-order valence-electron chi connectivity index (χ4n) is 3.34. The Balaban J connectivity index is 1.62. The van der Waals surface area contributed by atoms with Crippen molar-refractivity contribution >= 4 is 23.2 Å². The number of fused-ring (bicyclic) bond motifs is 3. The number of nitrogens with one attached hydrogen (secondary N) is 2. The number of carbonyl (C=O) groups excluding carboxylic acids is 2. The van der Waals surface area contributed by atoms with Crippen LogP contribution in [0.2, 0.25) is 2.82 Å². The van der Waals surface area contributed by atoms with Crippen LogP contribution in [0, 0.1) is 6.85 Å². The molecule has 1 aliphatic heterocycles. The molecule has 1 aliphatic rings. The van der Waals surface area contributed by atoms with Gasteiger partial charge in [0.2, 0.25) is 0 Å². The molecule has 2 heterocycles. The van der Waals surface area contributed by atoms with Crippen molar-refractivity contribution in [3.63, 3.8) is 0 Å². The summed E-state index contributed by atoms with van der Waals surface area (Å²) in [7, 11) is 0. The zero-order chi connectivity index (χ0) is 48.7. The van der Waals surface area contributed by atoms with E-state index in [0.717, 1.165) is 0 Å². The van der Waals surface area contributed by atoms with E-state index in [0.29, 0.717) is 0 Å². The van der Waals surface area contributed by atoms with Crippen LogP contribution in [0.3, 0.4) is 0 Å². The van der Waals surface area contributed by atoms with Crippen LogP contribution in [0.25, 0.3) is 22.4 Å². The maximum absolute atomic E-state index is 14.7. The molecule has 0 atom stereocenters. The Bertz CT molecular complexity index is 2880. The minimum Gasteiger partial charge on any atom is -0.342 e. The van der Waals surface area contributed by atoms with Crippen LogP contribution in [0.1, 0.15) is 65.1 Å². The number of aromatic nitrogens is 2. The largest absolute Gasteiger partial charge is 0.342 e. The predicted octanol–water partition coefficient (Wildman–Crippen LogP) is 6.51. The average molecular weight is 525 g/mol. The van der Waals surface area contributed by atoms with Crippen molar-refractivity contribution in [2.45, 2.75) is 13.2 Å². The molecule has 0 aliphatic carbocycles. The number of anilines is 2. The lowest BCUT2D eigenvalue weighted by Crippen LogP contribution is -2.32. The van der Waals surface area contributed by atoms with Crippen molar-refractivity contribution in [1.82, 2.24) is 9.96 Å². The number of para-hydroxylation sites is 1. The van der Waals surface area contributed by atoms with Crippen LogP contribution < -0.4 is 10.2 Å². The second kappa shape index (κ2) is 9.82. The Morgan fingerprint density at radius 2 is 1.68 bits per heavy atom. The van der Waals surface area contributed by atoms with Gasteiger partial charge >= 0.3 is 0 Å². The topological polar surface area (TPSA) is 78.1 Å². The molecule has 0 radical (unpaired) electrons. The Hall–Kier alpha value is -4.97. The Kier molecular flexibility index (Phi) is 2.14. The van der Waals surface area contributed by atoms with E-state index in [4.69, 9.17) is 35.7 Å². The van der Waals surface area contributed by atoms with Gasteiger partial charge in [0.05, 0.1) is 43.1 Å². The van der Waals surface area contributed by atoms with E-state index in [-0.39, 0.29) is 9.88 Å². The maximum atomic E-state index is 14.7. The first-order chi connectivity index (χ1) is 29.2. The second-order valence-corrected chi connectivity index (χ2v) is 7.24. The highest BCUT2D eigenvalue weighted by Crippen LogP contribution is 2.36. The summed E-state index contributed by atoms with van der Waals surface area (Å²) in [4.78, 5) is 32.3. The van der Waals surface area contributed by atoms with Gasteiger partial charge in [0.15, 0.2) is 2.82 Å². The van der Waals surface area contributed by atoms with E-state index in [2.05, 4.69) is 4.98 Å². The van der Waals surface area contributed by atoms with Gasteiger partial charge in [-0.3, -0.25) is 9.59 Å². The van der Waals surface area contributed by atoms with Gasteiger partial charge in [-0.25, -0.2) is 4.98 Å². The zero-order valence-electron chi connectivity index (χ0n) is 44.6. The number of hydrogen-bond acceptors (Lipinski definition) is 3. The highest BCUT2D eigenvalue weighted by molar-refractivity contribution is 6.10. The summed E-state index contributed by atoms with van der Waals surface area (Å²) in [6.45, 7) is -7.26. The molecule has 0 fully saturated rings. The zero-order valence-corrected chi connectivity index (χ0v) is 18.6. The SMILES string of the molecule is [2H]c1c([2H])c([2H])c(-c2c([2H])c([2H])c([2H])c([2H])c2C(=O)N([2H])c2c([2H])c([2H])c(C(=O)N3c4c([2H])c([2H])c([2H])c([2H])c4-c4c(nc(C([2H])([2H])[2H])n4[2H])C([2H])([2H])C3([2H])[2H])c([2H])c2[2H])c([2H])c1[2H]. The third-order valence-corrected chi connectivity index (χ3v) is 4.97. The Morgan fingerprint density at radius 1 is 0.974 bits per heavy atom. The number of rotatable bonds is 4. The van der Waals surface area contributed by atoms with E-state index >= 15 is 0 Å². The highest BCUT2D eigenvalue weighted by atomic mass is 16.2. The second-order valence-electron chi connectivity index (χ2n) is 7.24. The van der Waals surface area contributed by atoms with Gasteiger partial charge in [-0.2, -0.15) is 0 Å². The number of benzene rings is 4. The molecule has 5 aromatic rings. The first-order valence-electron chi connectivity index (χ1n) is 23.3. The third-order valence-electron chi connectivity index (χ3n) is 4.97. The summed E-state index contributed by atoms with van der Waals surface area (Å²) in [5.41, 5.74) is -10.5. The van der Waals surface area contributed by atoms with E-state index in [1.54, 1.807) is 0 Å². The number of carbonyl (C=O) groups is 2. The summed E-state index contributed by atoms with van der Waals surface area (Å²) in [5, 5.41) is -0.406. The van der Waals surface area contributed by atoms with E-state index < -0.39 is 196 Å². The highest BCUT2D eigenvalue weighted by Gasteiger charge is 2.26. The number of hydrogen-bond donors (Lipinski definition) is 2. The van der Waals surface area contributed by atoms with Crippen LogP contribution in [0.4, 0.5) is 11.4 Å². The molecule has 0 bridgehead atoms. The summed E-state index contributed by atoms with van der Waals surface area (Å²) < 4.78 is 220. The van der Waals surface area contributed by atoms with Crippen LogP contribution in [-0.2, 0) is 6.37 Å². The minimum absolute atomic E-state index is 0.0235. The quantitative estimate of drug-likeness (QED) is 0.281. The first kappa shape index (κ1) is 8.27. The van der Waals surface area contributed by atoms with Gasteiger partial charge in [-0.15, -0.1) is 0 Å². The molecule has 2 N–H and O–H groups in total. The number of amides is 2. The van der Waals surface area contributed by atoms with Crippen molar-refractivity contribution in [1.29, 1.82) is 0 Å². The van der Waals surface area contributed by atoms with Gasteiger partial charge < -0.3 is 15.2 Å². The molecule has 2 amide bonds. The van der Waals surface area contributed by atoms with Crippen molar-refractivity contribution in [2.75, 3.05) is 16.7 Å². The summed E-state index contributed by atoms with van der Waals surface area (Å²) in [6.07, 6.45) is -3.76. The molecule has 0 saturated heterocycles. The molecule has 0 unspecified atom stereocenters. The van der Waals surface area contributed by atoms with Crippen LogP contribution >= 0.6 is 0 Å².